The van der Waals surface area contributed by atoms with Crippen molar-refractivity contribution in [3.05, 3.63) is 35.5 Å². The van der Waals surface area contributed by atoms with Gasteiger partial charge >= 0.3 is 0 Å². The first-order valence-corrected chi connectivity index (χ1v) is 7.18. The maximum Gasteiger partial charge on any atom is 0.0232 e. The molecule has 1 nitrogen and oxygen atoms in total. The average molecular weight is 247 g/mol. The van der Waals surface area contributed by atoms with Crippen LogP contribution in [0, 0.1) is 5.92 Å². The molecule has 1 aliphatic rings. The fourth-order valence-electron chi connectivity index (χ4n) is 2.61. The molecular weight excluding hydrogens is 218 g/mol. The highest BCUT2D eigenvalue weighted by Gasteiger charge is 2.17. The minimum absolute atomic E-state index is 0.560. The summed E-state index contributed by atoms with van der Waals surface area (Å²) in [4.78, 5) is 2.39. The zero-order valence-corrected chi connectivity index (χ0v) is 12.7. The van der Waals surface area contributed by atoms with Crippen LogP contribution >= 0.6 is 0 Å². The van der Waals surface area contributed by atoms with Crippen LogP contribution in [0.1, 0.15) is 46.5 Å². The van der Waals surface area contributed by atoms with Crippen molar-refractivity contribution >= 4 is 0 Å². The van der Waals surface area contributed by atoms with Crippen molar-refractivity contribution in [1.82, 2.24) is 4.90 Å². The first-order valence-electron chi connectivity index (χ1n) is 7.18. The normalized spacial score (nSPS) is 18.9. The lowest BCUT2D eigenvalue weighted by Crippen LogP contribution is -2.28. The molecule has 1 aliphatic heterocycles. The molecule has 1 atom stereocenters. The first-order chi connectivity index (χ1) is 8.45. The molecule has 1 heterocycles. The van der Waals surface area contributed by atoms with Gasteiger partial charge in [-0.3, -0.25) is 0 Å². The standard InChI is InChI=1S/C17H29N/c1-7-8-13(2)15(4)11-16(5)17-12-18(6)10-9-14(17)3/h15H,2,5,7-12H2,1,3-4,6H3. The number of likely N-dealkylation sites (N-methyl/N-ethyl adjacent to an activating group) is 1. The quantitative estimate of drug-likeness (QED) is 0.621. The maximum absolute atomic E-state index is 4.32. The van der Waals surface area contributed by atoms with Crippen LogP contribution in [0.5, 0.6) is 0 Å². The maximum atomic E-state index is 4.32. The molecule has 1 unspecified atom stereocenters. The van der Waals surface area contributed by atoms with E-state index in [2.05, 4.69) is 45.9 Å². The molecule has 0 radical (unpaired) electrons. The van der Waals surface area contributed by atoms with E-state index in [4.69, 9.17) is 0 Å². The van der Waals surface area contributed by atoms with Gasteiger partial charge in [-0.25, -0.2) is 0 Å². The van der Waals surface area contributed by atoms with Crippen LogP contribution in [-0.2, 0) is 0 Å². The molecule has 102 valence electrons. The largest absolute Gasteiger partial charge is 0.302 e. The van der Waals surface area contributed by atoms with Gasteiger partial charge in [0.25, 0.3) is 0 Å². The van der Waals surface area contributed by atoms with E-state index in [-0.39, 0.29) is 0 Å². The Bertz CT molecular complexity index is 349. The van der Waals surface area contributed by atoms with Crippen LogP contribution in [0.15, 0.2) is 35.5 Å². The molecule has 0 spiro atoms. The van der Waals surface area contributed by atoms with Crippen LogP contribution in [0.3, 0.4) is 0 Å². The summed E-state index contributed by atoms with van der Waals surface area (Å²) in [5.74, 6) is 0.560. The number of rotatable bonds is 6. The minimum Gasteiger partial charge on any atom is -0.302 e. The van der Waals surface area contributed by atoms with Gasteiger partial charge in [0.15, 0.2) is 0 Å². The molecule has 0 saturated heterocycles. The zero-order valence-electron chi connectivity index (χ0n) is 12.7. The molecule has 0 aliphatic carbocycles. The molecule has 0 aromatic carbocycles. The van der Waals surface area contributed by atoms with Crippen molar-refractivity contribution in [3.8, 4) is 0 Å². The Hall–Kier alpha value is -0.820. The third kappa shape index (κ3) is 4.13. The molecule has 0 N–H and O–H groups in total. The van der Waals surface area contributed by atoms with Gasteiger partial charge in [-0.2, -0.15) is 0 Å². The SMILES string of the molecule is C=C(CC(C)C(=C)CCC)C1=C(C)CCN(C)C1. The number of hydrogen-bond acceptors (Lipinski definition) is 1. The molecule has 0 aromatic heterocycles. The van der Waals surface area contributed by atoms with Crippen molar-refractivity contribution in [3.63, 3.8) is 0 Å². The van der Waals surface area contributed by atoms with E-state index in [0.717, 1.165) is 19.4 Å². The van der Waals surface area contributed by atoms with Crippen LogP contribution < -0.4 is 0 Å². The van der Waals surface area contributed by atoms with Crippen molar-refractivity contribution in [2.45, 2.75) is 46.5 Å². The zero-order chi connectivity index (χ0) is 13.7. The first kappa shape index (κ1) is 15.2. The van der Waals surface area contributed by atoms with Gasteiger partial charge < -0.3 is 4.90 Å². The number of hydrogen-bond donors (Lipinski definition) is 0. The van der Waals surface area contributed by atoms with Crippen molar-refractivity contribution in [2.75, 3.05) is 20.1 Å². The van der Waals surface area contributed by atoms with E-state index in [1.54, 1.807) is 0 Å². The summed E-state index contributed by atoms with van der Waals surface area (Å²) in [6, 6.07) is 0. The summed E-state index contributed by atoms with van der Waals surface area (Å²) in [5, 5.41) is 0. The second kappa shape index (κ2) is 6.94. The molecule has 0 bridgehead atoms. The Labute approximate surface area is 113 Å². The molecule has 0 saturated carbocycles. The molecule has 1 heteroatoms. The Morgan fingerprint density at radius 2 is 2.06 bits per heavy atom. The Balaban J connectivity index is 2.62. The van der Waals surface area contributed by atoms with E-state index in [1.165, 1.54) is 41.7 Å². The number of allylic oxidation sites excluding steroid dienone is 1. The Morgan fingerprint density at radius 3 is 2.67 bits per heavy atom. The topological polar surface area (TPSA) is 3.24 Å². The molecule has 1 rings (SSSR count). The van der Waals surface area contributed by atoms with Crippen LogP contribution in [0.2, 0.25) is 0 Å². The van der Waals surface area contributed by atoms with Gasteiger partial charge in [0.1, 0.15) is 0 Å². The van der Waals surface area contributed by atoms with E-state index in [1.807, 2.05) is 0 Å². The summed E-state index contributed by atoms with van der Waals surface area (Å²) in [7, 11) is 2.19. The second-order valence-corrected chi connectivity index (χ2v) is 5.86. The molecular formula is C17H29N. The van der Waals surface area contributed by atoms with Gasteiger partial charge in [0.2, 0.25) is 0 Å². The van der Waals surface area contributed by atoms with Gasteiger partial charge in [0, 0.05) is 13.1 Å². The summed E-state index contributed by atoms with van der Waals surface area (Å²) in [6.07, 6.45) is 4.60. The Kier molecular flexibility index (Phi) is 5.87. The lowest BCUT2D eigenvalue weighted by molar-refractivity contribution is 0.348. The predicted molar refractivity (Wildman–Crippen MR) is 81.8 cm³/mol. The second-order valence-electron chi connectivity index (χ2n) is 5.86. The van der Waals surface area contributed by atoms with Crippen molar-refractivity contribution in [2.24, 2.45) is 5.92 Å². The van der Waals surface area contributed by atoms with E-state index < -0.39 is 0 Å². The fraction of sp³-hybridized carbons (Fsp3) is 0.647. The van der Waals surface area contributed by atoms with Gasteiger partial charge in [-0.1, -0.05) is 50.1 Å². The summed E-state index contributed by atoms with van der Waals surface area (Å²) < 4.78 is 0. The molecule has 0 aromatic rings. The van der Waals surface area contributed by atoms with Crippen LogP contribution in [0.25, 0.3) is 0 Å². The monoisotopic (exact) mass is 247 g/mol. The predicted octanol–water partition coefficient (Wildman–Crippen LogP) is 4.58. The van der Waals surface area contributed by atoms with Crippen LogP contribution in [-0.4, -0.2) is 25.0 Å². The van der Waals surface area contributed by atoms with Crippen LogP contribution in [0.4, 0.5) is 0 Å². The Morgan fingerprint density at radius 1 is 1.39 bits per heavy atom. The lowest BCUT2D eigenvalue weighted by atomic mass is 9.86. The minimum atomic E-state index is 0.560. The highest BCUT2D eigenvalue weighted by atomic mass is 15.1. The van der Waals surface area contributed by atoms with Gasteiger partial charge in [0.05, 0.1) is 0 Å². The summed E-state index contributed by atoms with van der Waals surface area (Å²) in [6.45, 7) is 17.5. The highest BCUT2D eigenvalue weighted by Crippen LogP contribution is 2.29. The van der Waals surface area contributed by atoms with E-state index in [0.29, 0.717) is 5.92 Å². The van der Waals surface area contributed by atoms with Crippen molar-refractivity contribution in [1.29, 1.82) is 0 Å². The van der Waals surface area contributed by atoms with E-state index in [9.17, 15) is 0 Å². The summed E-state index contributed by atoms with van der Waals surface area (Å²) in [5.41, 5.74) is 5.72. The van der Waals surface area contributed by atoms with Gasteiger partial charge in [-0.15, -0.1) is 0 Å². The lowest BCUT2D eigenvalue weighted by Gasteiger charge is -2.28. The fourth-order valence-corrected chi connectivity index (χ4v) is 2.61. The van der Waals surface area contributed by atoms with Crippen molar-refractivity contribution < 1.29 is 0 Å². The molecule has 0 amide bonds. The summed E-state index contributed by atoms with van der Waals surface area (Å²) >= 11 is 0. The molecule has 18 heavy (non-hydrogen) atoms. The number of nitrogens with zero attached hydrogens (tertiary/aromatic N) is 1. The third-order valence-electron chi connectivity index (χ3n) is 4.06. The smallest absolute Gasteiger partial charge is 0.0232 e. The average Bonchev–Trinajstić information content (AvgIpc) is 2.32. The van der Waals surface area contributed by atoms with Gasteiger partial charge in [-0.05, 0) is 44.7 Å². The molecule has 0 fully saturated rings. The highest BCUT2D eigenvalue weighted by molar-refractivity contribution is 5.36. The van der Waals surface area contributed by atoms with E-state index >= 15 is 0 Å². The third-order valence-corrected chi connectivity index (χ3v) is 4.06.